The van der Waals surface area contributed by atoms with Crippen LogP contribution in [0.5, 0.6) is 0 Å². The molecule has 7 saturated carbocycles. The van der Waals surface area contributed by atoms with Gasteiger partial charge in [0.2, 0.25) is 0 Å². The number of piperazine rings is 2. The fraction of sp³-hybridized carbons (Fsp3) is 1.00. The molecule has 0 bridgehead atoms. The Bertz CT molecular complexity index is 961. The number of hydrogen-bond donors (Lipinski definition) is 0. The predicted molar refractivity (Wildman–Crippen MR) is 164 cm³/mol. The predicted octanol–water partition coefficient (Wildman–Crippen LogP) is 7.48. The molecule has 226 valence electrons. The molecule has 7 aliphatic carbocycles. The van der Waals surface area contributed by atoms with Crippen molar-refractivity contribution in [2.75, 3.05) is 0 Å². The molecule has 0 amide bonds. The van der Waals surface area contributed by atoms with E-state index in [0.29, 0.717) is 0 Å². The van der Waals surface area contributed by atoms with E-state index in [1.807, 2.05) is 0 Å². The molecule has 16 unspecified atom stereocenters. The van der Waals surface area contributed by atoms with Crippen molar-refractivity contribution in [1.29, 1.82) is 0 Å². The van der Waals surface area contributed by atoms with E-state index in [4.69, 9.17) is 0 Å². The first-order valence-corrected chi connectivity index (χ1v) is 19.7. The van der Waals surface area contributed by atoms with Crippen molar-refractivity contribution in [1.82, 2.24) is 14.7 Å². The first-order chi connectivity index (χ1) is 20.4. The van der Waals surface area contributed by atoms with Crippen molar-refractivity contribution in [3.05, 3.63) is 0 Å². The molecule has 0 aromatic rings. The number of hydrogen-bond acceptors (Lipinski definition) is 3. The Morgan fingerprint density at radius 3 is 1.07 bits per heavy atom. The summed E-state index contributed by atoms with van der Waals surface area (Å²) in [4.78, 5) is 10.4. The van der Waals surface area contributed by atoms with Crippen LogP contribution in [0.3, 0.4) is 0 Å². The highest BCUT2D eigenvalue weighted by Crippen LogP contribution is 2.64. The standard InChI is InChI=1S/C38H59N3/c1-8-22-10-3-16-28-34(22)24(12-1)26-14-5-18-30-36(26)39(28)32-20-7-21-33-38(32)41(30)31-19-6-15-27-25-13-2-9-23-11-4-17-29(35(23)25)40(33)37(27)31/h22-38H,1-21H2. The maximum absolute atomic E-state index is 3.47. The van der Waals surface area contributed by atoms with Gasteiger partial charge >= 0.3 is 0 Å². The van der Waals surface area contributed by atoms with Gasteiger partial charge in [-0.15, -0.1) is 0 Å². The van der Waals surface area contributed by atoms with Gasteiger partial charge < -0.3 is 0 Å². The molecule has 11 fully saturated rings. The molecule has 3 heteroatoms. The Labute approximate surface area is 250 Å². The van der Waals surface area contributed by atoms with Gasteiger partial charge in [0.25, 0.3) is 0 Å². The van der Waals surface area contributed by atoms with E-state index in [2.05, 4.69) is 14.7 Å². The van der Waals surface area contributed by atoms with Gasteiger partial charge in [-0.25, -0.2) is 0 Å². The van der Waals surface area contributed by atoms with Crippen LogP contribution in [0, 0.1) is 47.3 Å². The zero-order valence-electron chi connectivity index (χ0n) is 26.0. The van der Waals surface area contributed by atoms with Crippen LogP contribution in [0.25, 0.3) is 0 Å². The van der Waals surface area contributed by atoms with Crippen LogP contribution in [0.2, 0.25) is 0 Å². The molecule has 41 heavy (non-hydrogen) atoms. The lowest BCUT2D eigenvalue weighted by Gasteiger charge is -2.77. The Kier molecular flexibility index (Phi) is 5.65. The van der Waals surface area contributed by atoms with E-state index >= 15 is 0 Å². The van der Waals surface area contributed by atoms with Crippen LogP contribution in [0.15, 0.2) is 0 Å². The first kappa shape index (κ1) is 25.1. The lowest BCUT2D eigenvalue weighted by atomic mass is 9.50. The van der Waals surface area contributed by atoms with Gasteiger partial charge in [0, 0.05) is 54.4 Å². The largest absolute Gasteiger partial charge is 0.291 e. The summed E-state index contributed by atoms with van der Waals surface area (Å²) >= 11 is 0. The van der Waals surface area contributed by atoms with Gasteiger partial charge in [-0.3, -0.25) is 14.7 Å². The van der Waals surface area contributed by atoms with E-state index in [0.717, 1.165) is 102 Å². The molecule has 11 rings (SSSR count). The summed E-state index contributed by atoms with van der Waals surface area (Å²) in [5.74, 6) is 8.61. The third kappa shape index (κ3) is 3.19. The zero-order valence-corrected chi connectivity index (χ0v) is 26.0. The second-order valence-electron chi connectivity index (χ2n) is 18.1. The molecular formula is C38H59N3. The summed E-state index contributed by atoms with van der Waals surface area (Å²) < 4.78 is 0. The maximum Gasteiger partial charge on any atom is 0.0414 e. The molecule has 0 aromatic heterocycles. The maximum atomic E-state index is 3.47. The van der Waals surface area contributed by atoms with Gasteiger partial charge in [0.1, 0.15) is 0 Å². The molecule has 3 nitrogen and oxygen atoms in total. The van der Waals surface area contributed by atoms with Crippen molar-refractivity contribution >= 4 is 0 Å². The highest BCUT2D eigenvalue weighted by molar-refractivity contribution is 5.23. The topological polar surface area (TPSA) is 9.72 Å². The van der Waals surface area contributed by atoms with Crippen LogP contribution < -0.4 is 0 Å². The summed E-state index contributed by atoms with van der Waals surface area (Å²) in [5.41, 5.74) is 0. The van der Waals surface area contributed by atoms with E-state index in [-0.39, 0.29) is 0 Å². The minimum absolute atomic E-state index is 0.879. The highest BCUT2D eigenvalue weighted by atomic mass is 15.5. The number of rotatable bonds is 0. The highest BCUT2D eigenvalue weighted by Gasteiger charge is 2.69. The smallest absolute Gasteiger partial charge is 0.0414 e. The average Bonchev–Trinajstić information content (AvgIpc) is 3.03. The van der Waals surface area contributed by atoms with Crippen molar-refractivity contribution in [3.63, 3.8) is 0 Å². The van der Waals surface area contributed by atoms with Gasteiger partial charge in [0.15, 0.2) is 0 Å². The zero-order chi connectivity index (χ0) is 26.4. The Morgan fingerprint density at radius 2 is 0.585 bits per heavy atom. The number of fused-ring (bicyclic) bond motifs is 8. The first-order valence-electron chi connectivity index (χ1n) is 19.7. The van der Waals surface area contributed by atoms with Crippen molar-refractivity contribution < 1.29 is 0 Å². The fourth-order valence-electron chi connectivity index (χ4n) is 16.9. The summed E-state index contributed by atoms with van der Waals surface area (Å²) in [6.45, 7) is 0. The van der Waals surface area contributed by atoms with Crippen LogP contribution in [0.1, 0.15) is 135 Å². The molecule has 4 saturated heterocycles. The number of nitrogens with zero attached hydrogens (tertiary/aromatic N) is 3. The summed E-state index contributed by atoms with van der Waals surface area (Å²) in [6.07, 6.45) is 32.9. The molecule has 16 atom stereocenters. The molecule has 4 aliphatic heterocycles. The van der Waals surface area contributed by atoms with E-state index in [9.17, 15) is 0 Å². The molecule has 0 N–H and O–H groups in total. The van der Waals surface area contributed by atoms with E-state index in [1.165, 1.54) is 6.42 Å². The second-order valence-corrected chi connectivity index (χ2v) is 18.1. The normalized spacial score (nSPS) is 61.0. The Balaban J connectivity index is 1.05. The lowest BCUT2D eigenvalue weighted by Crippen LogP contribution is -2.87. The fourth-order valence-corrected chi connectivity index (χ4v) is 16.9. The summed E-state index contributed by atoms with van der Waals surface area (Å²) in [7, 11) is 0. The van der Waals surface area contributed by atoms with Gasteiger partial charge in [-0.2, -0.15) is 0 Å². The van der Waals surface area contributed by atoms with Gasteiger partial charge in [-0.05, 0) is 112 Å². The van der Waals surface area contributed by atoms with Crippen molar-refractivity contribution in [2.24, 2.45) is 47.3 Å². The quantitative estimate of drug-likeness (QED) is 0.306. The molecule has 0 radical (unpaired) electrons. The Morgan fingerprint density at radius 1 is 0.268 bits per heavy atom. The second kappa shape index (κ2) is 9.22. The van der Waals surface area contributed by atoms with Crippen molar-refractivity contribution in [2.45, 2.75) is 189 Å². The monoisotopic (exact) mass is 557 g/mol. The van der Waals surface area contributed by atoms with E-state index in [1.54, 1.807) is 128 Å². The van der Waals surface area contributed by atoms with Crippen molar-refractivity contribution in [3.8, 4) is 0 Å². The minimum atomic E-state index is 0.879. The summed E-state index contributed by atoms with van der Waals surface area (Å²) in [5, 5.41) is 0. The third-order valence-electron chi connectivity index (χ3n) is 17.3. The van der Waals surface area contributed by atoms with Crippen LogP contribution in [0.4, 0.5) is 0 Å². The van der Waals surface area contributed by atoms with Crippen LogP contribution in [-0.2, 0) is 0 Å². The Hall–Kier alpha value is -0.120. The van der Waals surface area contributed by atoms with E-state index < -0.39 is 0 Å². The molecular weight excluding hydrogens is 498 g/mol. The van der Waals surface area contributed by atoms with Gasteiger partial charge in [0.05, 0.1) is 0 Å². The lowest BCUT2D eigenvalue weighted by molar-refractivity contribution is -0.270. The average molecular weight is 558 g/mol. The molecule has 0 aromatic carbocycles. The van der Waals surface area contributed by atoms with Crippen LogP contribution >= 0.6 is 0 Å². The SMILES string of the molecule is C1CC2CCCC3C2C(C1)C1CCCC2C1N3C1CCCC3C1N2C1CCCC2C4CCCC5CCCC(C54)N3C21. The molecule has 4 heterocycles. The van der Waals surface area contributed by atoms with Crippen LogP contribution in [-0.4, -0.2) is 69.1 Å². The van der Waals surface area contributed by atoms with Gasteiger partial charge in [-0.1, -0.05) is 70.6 Å². The number of piperidine rings is 2. The molecule has 0 spiro atoms. The minimum Gasteiger partial charge on any atom is -0.291 e. The third-order valence-corrected chi connectivity index (χ3v) is 17.3. The summed E-state index contributed by atoms with van der Waals surface area (Å²) in [6, 6.07) is 8.29. The molecule has 11 aliphatic rings.